The van der Waals surface area contributed by atoms with Crippen LogP contribution in [0.25, 0.3) is 21.9 Å². The lowest BCUT2D eigenvalue weighted by molar-refractivity contribution is 1.12. The number of nitrogens with zero attached hydrogens (tertiary/aromatic N) is 1. The van der Waals surface area contributed by atoms with Crippen LogP contribution in [0.3, 0.4) is 0 Å². The van der Waals surface area contributed by atoms with Gasteiger partial charge in [-0.15, -0.1) is 0 Å². The van der Waals surface area contributed by atoms with Crippen molar-refractivity contribution < 1.29 is 0 Å². The molecule has 0 radical (unpaired) electrons. The lowest BCUT2D eigenvalue weighted by atomic mass is 10.0. The zero-order chi connectivity index (χ0) is 20.3. The van der Waals surface area contributed by atoms with Crippen LogP contribution in [0, 0.1) is 11.8 Å². The highest BCUT2D eigenvalue weighted by atomic mass is 16.1. The second-order valence-corrected chi connectivity index (χ2v) is 7.32. The molecule has 4 heteroatoms. The Morgan fingerprint density at radius 3 is 2.67 bits per heavy atom. The summed E-state index contributed by atoms with van der Waals surface area (Å²) in [5, 5.41) is 0.992. The Morgan fingerprint density at radius 1 is 0.867 bits per heavy atom. The van der Waals surface area contributed by atoms with Crippen molar-refractivity contribution in [3.63, 3.8) is 0 Å². The molecular formula is C26H19N3O. The summed E-state index contributed by atoms with van der Waals surface area (Å²) in [7, 11) is 0. The summed E-state index contributed by atoms with van der Waals surface area (Å²) >= 11 is 0. The third-order valence-corrected chi connectivity index (χ3v) is 5.17. The SMILES string of the molecule is O=c1[nH]c2ccc(C#CCc3ccc4nc[nH]c4c3)cc2cc1Cc1ccccc1. The van der Waals surface area contributed by atoms with Crippen LogP contribution < -0.4 is 5.56 Å². The molecule has 0 saturated carbocycles. The molecule has 0 aliphatic rings. The number of H-pyrrole nitrogens is 2. The number of rotatable bonds is 3. The van der Waals surface area contributed by atoms with Crippen LogP contribution in [0.4, 0.5) is 0 Å². The van der Waals surface area contributed by atoms with Crippen LogP contribution in [0.5, 0.6) is 0 Å². The number of imidazole rings is 1. The second kappa shape index (κ2) is 7.73. The molecular weight excluding hydrogens is 370 g/mol. The van der Waals surface area contributed by atoms with E-state index in [-0.39, 0.29) is 5.56 Å². The Bertz CT molecular complexity index is 1470. The van der Waals surface area contributed by atoms with Gasteiger partial charge in [0.25, 0.3) is 5.56 Å². The second-order valence-electron chi connectivity index (χ2n) is 7.32. The largest absolute Gasteiger partial charge is 0.345 e. The standard InChI is InChI=1S/C26H19N3O/c30-26-22(14-18-5-2-1-3-6-18)16-21-13-19(9-11-23(21)29-26)7-4-8-20-10-12-24-25(15-20)28-17-27-24/h1-3,5-6,9-13,15-17H,8,14H2,(H,27,28)(H,29,30). The predicted molar refractivity (Wildman–Crippen MR) is 120 cm³/mol. The number of aromatic nitrogens is 3. The van der Waals surface area contributed by atoms with Crippen LogP contribution >= 0.6 is 0 Å². The van der Waals surface area contributed by atoms with Gasteiger partial charge in [0.2, 0.25) is 0 Å². The van der Waals surface area contributed by atoms with E-state index in [0.29, 0.717) is 12.8 Å². The van der Waals surface area contributed by atoms with Gasteiger partial charge in [-0.2, -0.15) is 0 Å². The molecule has 0 bridgehead atoms. The van der Waals surface area contributed by atoms with E-state index in [1.165, 1.54) is 0 Å². The van der Waals surface area contributed by atoms with Crippen LogP contribution in [0.1, 0.15) is 22.3 Å². The molecule has 0 saturated heterocycles. The molecule has 2 heterocycles. The van der Waals surface area contributed by atoms with Gasteiger partial charge in [0.1, 0.15) is 0 Å². The highest BCUT2D eigenvalue weighted by Crippen LogP contribution is 2.16. The number of hydrogen-bond donors (Lipinski definition) is 2. The van der Waals surface area contributed by atoms with Crippen molar-refractivity contribution in [3.05, 3.63) is 112 Å². The lowest BCUT2D eigenvalue weighted by Crippen LogP contribution is -2.12. The van der Waals surface area contributed by atoms with Gasteiger partial charge < -0.3 is 9.97 Å². The molecule has 0 unspecified atom stereocenters. The van der Waals surface area contributed by atoms with Gasteiger partial charge in [-0.05, 0) is 52.9 Å². The van der Waals surface area contributed by atoms with Crippen LogP contribution in [-0.2, 0) is 12.8 Å². The zero-order valence-corrected chi connectivity index (χ0v) is 16.3. The molecule has 2 N–H and O–H groups in total. The topological polar surface area (TPSA) is 61.5 Å². The summed E-state index contributed by atoms with van der Waals surface area (Å²) in [6.45, 7) is 0. The van der Waals surface area contributed by atoms with E-state index in [1.807, 2.05) is 60.7 Å². The minimum atomic E-state index is -0.0422. The van der Waals surface area contributed by atoms with Crippen molar-refractivity contribution in [1.82, 2.24) is 15.0 Å². The smallest absolute Gasteiger partial charge is 0.251 e. The van der Waals surface area contributed by atoms with E-state index < -0.39 is 0 Å². The van der Waals surface area contributed by atoms with Gasteiger partial charge in [0.05, 0.1) is 17.4 Å². The first-order valence-corrected chi connectivity index (χ1v) is 9.85. The summed E-state index contributed by atoms with van der Waals surface area (Å²) in [5.74, 6) is 6.49. The maximum atomic E-state index is 12.4. The monoisotopic (exact) mass is 389 g/mol. The van der Waals surface area contributed by atoms with Gasteiger partial charge in [-0.3, -0.25) is 4.79 Å². The minimum Gasteiger partial charge on any atom is -0.345 e. The molecule has 0 spiro atoms. The molecule has 5 rings (SSSR count). The normalized spacial score (nSPS) is 10.8. The zero-order valence-electron chi connectivity index (χ0n) is 16.3. The molecule has 0 fully saturated rings. The Labute approximate surface area is 173 Å². The quantitative estimate of drug-likeness (QED) is 0.444. The van der Waals surface area contributed by atoms with E-state index in [2.05, 4.69) is 38.9 Å². The fourth-order valence-corrected chi connectivity index (χ4v) is 3.62. The molecule has 0 atom stereocenters. The van der Waals surface area contributed by atoms with E-state index in [0.717, 1.165) is 44.2 Å². The van der Waals surface area contributed by atoms with Gasteiger partial charge in [-0.25, -0.2) is 4.98 Å². The summed E-state index contributed by atoms with van der Waals surface area (Å²) in [4.78, 5) is 22.8. The maximum absolute atomic E-state index is 12.4. The molecule has 5 aromatic rings. The third-order valence-electron chi connectivity index (χ3n) is 5.17. The lowest BCUT2D eigenvalue weighted by Gasteiger charge is -2.04. The summed E-state index contributed by atoms with van der Waals surface area (Å²) in [5.41, 5.74) is 6.72. The number of benzene rings is 3. The Kier molecular flexibility index (Phi) is 4.63. The number of pyridine rings is 1. The summed E-state index contributed by atoms with van der Waals surface area (Å²) in [6.07, 6.45) is 2.97. The van der Waals surface area contributed by atoms with Crippen molar-refractivity contribution in [2.45, 2.75) is 12.8 Å². The minimum absolute atomic E-state index is 0.0422. The third kappa shape index (κ3) is 3.74. The van der Waals surface area contributed by atoms with Gasteiger partial charge in [0, 0.05) is 29.5 Å². The number of nitrogens with one attached hydrogen (secondary N) is 2. The maximum Gasteiger partial charge on any atom is 0.251 e. The average molecular weight is 389 g/mol. The Morgan fingerprint density at radius 2 is 1.77 bits per heavy atom. The van der Waals surface area contributed by atoms with Gasteiger partial charge in [-0.1, -0.05) is 48.2 Å². The number of fused-ring (bicyclic) bond motifs is 2. The summed E-state index contributed by atoms with van der Waals surface area (Å²) < 4.78 is 0. The van der Waals surface area contributed by atoms with Crippen molar-refractivity contribution in [2.24, 2.45) is 0 Å². The molecule has 0 amide bonds. The summed E-state index contributed by atoms with van der Waals surface area (Å²) in [6, 6.07) is 24.0. The Hall–Kier alpha value is -4.10. The molecule has 2 aromatic heterocycles. The van der Waals surface area contributed by atoms with Crippen molar-refractivity contribution in [2.75, 3.05) is 0 Å². The molecule has 144 valence electrons. The first-order chi connectivity index (χ1) is 14.7. The highest BCUT2D eigenvalue weighted by Gasteiger charge is 2.05. The van der Waals surface area contributed by atoms with E-state index in [4.69, 9.17) is 0 Å². The van der Waals surface area contributed by atoms with Crippen molar-refractivity contribution in [1.29, 1.82) is 0 Å². The first kappa shape index (κ1) is 18.0. The van der Waals surface area contributed by atoms with Crippen LogP contribution in [-0.4, -0.2) is 15.0 Å². The highest BCUT2D eigenvalue weighted by molar-refractivity contribution is 5.80. The fourth-order valence-electron chi connectivity index (χ4n) is 3.62. The fraction of sp³-hybridized carbons (Fsp3) is 0.0769. The predicted octanol–water partition coefficient (Wildman–Crippen LogP) is 4.59. The molecule has 4 nitrogen and oxygen atoms in total. The van der Waals surface area contributed by atoms with E-state index in [1.54, 1.807) is 6.33 Å². The van der Waals surface area contributed by atoms with Crippen molar-refractivity contribution >= 4 is 21.9 Å². The molecule has 30 heavy (non-hydrogen) atoms. The molecule has 3 aromatic carbocycles. The molecule has 0 aliphatic heterocycles. The average Bonchev–Trinajstić information content (AvgIpc) is 3.23. The van der Waals surface area contributed by atoms with Crippen LogP contribution in [0.15, 0.2) is 83.9 Å². The van der Waals surface area contributed by atoms with Crippen LogP contribution in [0.2, 0.25) is 0 Å². The van der Waals surface area contributed by atoms with Gasteiger partial charge >= 0.3 is 0 Å². The van der Waals surface area contributed by atoms with Gasteiger partial charge in [0.15, 0.2) is 0 Å². The van der Waals surface area contributed by atoms with E-state index >= 15 is 0 Å². The first-order valence-electron chi connectivity index (χ1n) is 9.85. The van der Waals surface area contributed by atoms with Crippen molar-refractivity contribution in [3.8, 4) is 11.8 Å². The molecule has 0 aliphatic carbocycles. The Balaban J connectivity index is 1.40. The number of aromatic amines is 2. The number of hydrogen-bond acceptors (Lipinski definition) is 2. The van der Waals surface area contributed by atoms with E-state index in [9.17, 15) is 4.79 Å².